The Kier molecular flexibility index (Phi) is 4.25. The van der Waals surface area contributed by atoms with Crippen LogP contribution in [0.1, 0.15) is 27.2 Å². The third-order valence-corrected chi connectivity index (χ3v) is 3.66. The van der Waals surface area contributed by atoms with E-state index in [4.69, 9.17) is 0 Å². The van der Waals surface area contributed by atoms with E-state index in [0.29, 0.717) is 6.71 Å². The van der Waals surface area contributed by atoms with Crippen LogP contribution in [0, 0.1) is 5.92 Å². The molecule has 2 unspecified atom stereocenters. The summed E-state index contributed by atoms with van der Waals surface area (Å²) in [5, 5.41) is 0. The quantitative estimate of drug-likeness (QED) is 0.634. The lowest BCUT2D eigenvalue weighted by Gasteiger charge is -2.23. The fourth-order valence-electron chi connectivity index (χ4n) is 1.92. The first-order valence-corrected chi connectivity index (χ1v) is 5.71. The first-order valence-electron chi connectivity index (χ1n) is 5.71. The van der Waals surface area contributed by atoms with Crippen LogP contribution in [0.4, 0.5) is 0 Å². The number of hydrogen-bond acceptors (Lipinski definition) is 0. The maximum absolute atomic E-state index is 2.37. The Morgan fingerprint density at radius 2 is 1.71 bits per heavy atom. The van der Waals surface area contributed by atoms with Gasteiger partial charge in [-0.1, -0.05) is 75.6 Å². The van der Waals surface area contributed by atoms with Gasteiger partial charge in [-0.15, -0.1) is 0 Å². The summed E-state index contributed by atoms with van der Waals surface area (Å²) in [5.41, 5.74) is 1.47. The van der Waals surface area contributed by atoms with Crippen LogP contribution in [-0.2, 0) is 0 Å². The molecule has 76 valence electrons. The predicted molar refractivity (Wildman–Crippen MR) is 66.6 cm³/mol. The van der Waals surface area contributed by atoms with E-state index in [-0.39, 0.29) is 0 Å². The van der Waals surface area contributed by atoms with Crippen molar-refractivity contribution in [3.63, 3.8) is 0 Å². The van der Waals surface area contributed by atoms with Crippen LogP contribution >= 0.6 is 0 Å². The lowest BCUT2D eigenvalue weighted by atomic mass is 9.37. The van der Waals surface area contributed by atoms with Crippen molar-refractivity contribution in [1.82, 2.24) is 0 Å². The van der Waals surface area contributed by atoms with E-state index in [1.807, 2.05) is 0 Å². The molecule has 0 fully saturated rings. The summed E-state index contributed by atoms with van der Waals surface area (Å²) in [4.78, 5) is 0. The lowest BCUT2D eigenvalue weighted by molar-refractivity contribution is 0.537. The van der Waals surface area contributed by atoms with E-state index in [2.05, 4.69) is 57.9 Å². The van der Waals surface area contributed by atoms with Gasteiger partial charge >= 0.3 is 0 Å². The Morgan fingerprint density at radius 3 is 2.21 bits per heavy atom. The highest BCUT2D eigenvalue weighted by Crippen LogP contribution is 2.23. The van der Waals surface area contributed by atoms with Crippen molar-refractivity contribution < 1.29 is 0 Å². The molecule has 0 heterocycles. The summed E-state index contributed by atoms with van der Waals surface area (Å²) in [6.45, 7) is 10.0. The molecule has 14 heavy (non-hydrogen) atoms. The molecule has 1 aromatic carbocycles. The summed E-state index contributed by atoms with van der Waals surface area (Å²) in [5.74, 6) is 1.58. The summed E-state index contributed by atoms with van der Waals surface area (Å²) >= 11 is 0. The van der Waals surface area contributed by atoms with Crippen molar-refractivity contribution in [2.24, 2.45) is 5.92 Å². The number of rotatable bonds is 4. The van der Waals surface area contributed by atoms with Crippen LogP contribution in [0.25, 0.3) is 0 Å². The van der Waals surface area contributed by atoms with Crippen LogP contribution < -0.4 is 5.46 Å². The fraction of sp³-hybridized carbons (Fsp3) is 0.538. The maximum Gasteiger partial charge on any atom is 0.175 e. The van der Waals surface area contributed by atoms with E-state index in [9.17, 15) is 0 Å². The molecule has 0 spiro atoms. The average Bonchev–Trinajstić information content (AvgIpc) is 2.27. The van der Waals surface area contributed by atoms with Gasteiger partial charge in [0.05, 0.1) is 0 Å². The van der Waals surface area contributed by atoms with Crippen molar-refractivity contribution >= 4 is 12.2 Å². The third kappa shape index (κ3) is 2.63. The standard InChI is InChI=1S/C13H21B/c1-5-11(2)12(3)14(4)13-9-7-6-8-10-13/h6-12H,5H2,1-4H3. The molecular formula is C13H21B. The molecule has 0 saturated heterocycles. The topological polar surface area (TPSA) is 0 Å². The number of benzene rings is 1. The van der Waals surface area contributed by atoms with Crippen LogP contribution in [0.5, 0.6) is 0 Å². The molecule has 0 aliphatic rings. The molecule has 0 aliphatic carbocycles. The van der Waals surface area contributed by atoms with Gasteiger partial charge in [-0.25, -0.2) is 0 Å². The fourth-order valence-corrected chi connectivity index (χ4v) is 1.92. The molecule has 1 aromatic rings. The zero-order chi connectivity index (χ0) is 10.6. The highest BCUT2D eigenvalue weighted by atomic mass is 14.1. The first kappa shape index (κ1) is 11.4. The zero-order valence-electron chi connectivity index (χ0n) is 9.83. The molecule has 0 bridgehead atoms. The molecule has 1 rings (SSSR count). The molecule has 0 nitrogen and oxygen atoms in total. The van der Waals surface area contributed by atoms with Crippen LogP contribution in [0.2, 0.25) is 12.6 Å². The highest BCUT2D eigenvalue weighted by molar-refractivity contribution is 6.73. The lowest BCUT2D eigenvalue weighted by Crippen LogP contribution is -2.33. The second kappa shape index (κ2) is 5.24. The SMILES string of the molecule is CCC(C)C(C)B(C)c1ccccc1. The summed E-state index contributed by atoms with van der Waals surface area (Å²) < 4.78 is 0. The van der Waals surface area contributed by atoms with E-state index in [1.54, 1.807) is 0 Å². The highest BCUT2D eigenvalue weighted by Gasteiger charge is 2.21. The Bertz CT molecular complexity index is 255. The Balaban J connectivity index is 2.70. The minimum atomic E-state index is 0.672. The largest absolute Gasteiger partial charge is 0.175 e. The van der Waals surface area contributed by atoms with Gasteiger partial charge in [0.2, 0.25) is 0 Å². The van der Waals surface area contributed by atoms with Crippen molar-refractivity contribution in [3.8, 4) is 0 Å². The number of hydrogen-bond donors (Lipinski definition) is 0. The van der Waals surface area contributed by atoms with Crippen molar-refractivity contribution in [3.05, 3.63) is 30.3 Å². The Hall–Kier alpha value is -0.715. The van der Waals surface area contributed by atoms with Gasteiger partial charge in [-0.2, -0.15) is 0 Å². The summed E-state index contributed by atoms with van der Waals surface area (Å²) in [6, 6.07) is 10.8. The van der Waals surface area contributed by atoms with Gasteiger partial charge in [0.1, 0.15) is 0 Å². The molecule has 0 amide bonds. The van der Waals surface area contributed by atoms with E-state index >= 15 is 0 Å². The van der Waals surface area contributed by atoms with Crippen molar-refractivity contribution in [2.45, 2.75) is 39.8 Å². The smallest absolute Gasteiger partial charge is 0.0815 e. The van der Waals surface area contributed by atoms with Gasteiger partial charge in [0.15, 0.2) is 6.71 Å². The van der Waals surface area contributed by atoms with Crippen LogP contribution in [-0.4, -0.2) is 6.71 Å². The molecule has 0 aromatic heterocycles. The van der Waals surface area contributed by atoms with Gasteiger partial charge < -0.3 is 0 Å². The summed E-state index contributed by atoms with van der Waals surface area (Å²) in [6.07, 6.45) is 1.28. The van der Waals surface area contributed by atoms with Crippen molar-refractivity contribution in [1.29, 1.82) is 0 Å². The normalized spacial score (nSPS) is 14.9. The maximum atomic E-state index is 2.37. The first-order chi connectivity index (χ1) is 6.66. The molecule has 2 atom stereocenters. The van der Waals surface area contributed by atoms with Crippen molar-refractivity contribution in [2.75, 3.05) is 0 Å². The average molecular weight is 188 g/mol. The van der Waals surface area contributed by atoms with Gasteiger partial charge in [-0.3, -0.25) is 0 Å². The molecule has 0 saturated carbocycles. The molecular weight excluding hydrogens is 167 g/mol. The second-order valence-corrected chi connectivity index (χ2v) is 4.44. The van der Waals surface area contributed by atoms with Crippen LogP contribution in [0.15, 0.2) is 30.3 Å². The van der Waals surface area contributed by atoms with E-state index in [0.717, 1.165) is 11.7 Å². The van der Waals surface area contributed by atoms with Gasteiger partial charge in [0.25, 0.3) is 0 Å². The zero-order valence-corrected chi connectivity index (χ0v) is 9.83. The summed E-state index contributed by atoms with van der Waals surface area (Å²) in [7, 11) is 0. The van der Waals surface area contributed by atoms with Crippen LogP contribution in [0.3, 0.4) is 0 Å². The molecule has 0 radical (unpaired) electrons. The van der Waals surface area contributed by atoms with E-state index in [1.165, 1.54) is 11.9 Å². The monoisotopic (exact) mass is 188 g/mol. The molecule has 0 N–H and O–H groups in total. The third-order valence-electron chi connectivity index (χ3n) is 3.66. The van der Waals surface area contributed by atoms with E-state index < -0.39 is 0 Å². The molecule has 0 aliphatic heterocycles. The minimum absolute atomic E-state index is 0.672. The molecule has 1 heteroatoms. The Labute approximate surface area is 88.8 Å². The van der Waals surface area contributed by atoms with Gasteiger partial charge in [0, 0.05) is 0 Å². The minimum Gasteiger partial charge on any atom is -0.0815 e. The van der Waals surface area contributed by atoms with Gasteiger partial charge in [-0.05, 0) is 5.92 Å². The second-order valence-electron chi connectivity index (χ2n) is 4.44. The predicted octanol–water partition coefficient (Wildman–Crippen LogP) is 3.45. The Morgan fingerprint density at radius 1 is 1.14 bits per heavy atom.